The van der Waals surface area contributed by atoms with Gasteiger partial charge in [0.05, 0.1) is 16.7 Å². The van der Waals surface area contributed by atoms with Crippen molar-refractivity contribution in [3.63, 3.8) is 0 Å². The van der Waals surface area contributed by atoms with Crippen LogP contribution in [0.5, 0.6) is 0 Å². The number of aromatic amines is 1. The van der Waals surface area contributed by atoms with Gasteiger partial charge in [-0.1, -0.05) is 30.3 Å². The molecule has 3 rings (SSSR count). The molecule has 0 saturated heterocycles. The molecule has 0 unspecified atom stereocenters. The predicted molar refractivity (Wildman–Crippen MR) is 68.6 cm³/mol. The number of benzene rings is 2. The van der Waals surface area contributed by atoms with Gasteiger partial charge in [0.2, 0.25) is 0 Å². The van der Waals surface area contributed by atoms with Crippen LogP contribution in [-0.2, 0) is 0 Å². The summed E-state index contributed by atoms with van der Waals surface area (Å²) in [7, 11) is 0. The molecule has 17 heavy (non-hydrogen) atoms. The number of hydrogen-bond acceptors (Lipinski definition) is 1. The van der Waals surface area contributed by atoms with Crippen molar-refractivity contribution in [1.82, 2.24) is 9.55 Å². The van der Waals surface area contributed by atoms with Crippen LogP contribution in [0.2, 0.25) is 0 Å². The Morgan fingerprint density at radius 3 is 2.53 bits per heavy atom. The first-order valence-electron chi connectivity index (χ1n) is 5.53. The lowest BCUT2D eigenvalue weighted by Gasteiger charge is -2.06. The summed E-state index contributed by atoms with van der Waals surface area (Å²) in [6, 6.07) is 15.6. The Balaban J connectivity index is 2.42. The maximum absolute atomic E-state index is 12.0. The van der Waals surface area contributed by atoms with Gasteiger partial charge in [0.15, 0.2) is 0 Å². The summed E-state index contributed by atoms with van der Waals surface area (Å²) >= 11 is 0. The maximum Gasteiger partial charge on any atom is 0.331 e. The van der Waals surface area contributed by atoms with Gasteiger partial charge in [-0.15, -0.1) is 0 Å². The summed E-state index contributed by atoms with van der Waals surface area (Å²) in [6.07, 6.45) is 0. The molecule has 3 aromatic rings. The van der Waals surface area contributed by atoms with E-state index in [9.17, 15) is 4.79 Å². The third-order valence-electron chi connectivity index (χ3n) is 2.95. The first kappa shape index (κ1) is 9.90. The smallest absolute Gasteiger partial charge is 0.305 e. The van der Waals surface area contributed by atoms with Crippen molar-refractivity contribution < 1.29 is 0 Å². The van der Waals surface area contributed by atoms with Crippen LogP contribution in [0, 0.1) is 6.92 Å². The number of nitrogens with zero attached hydrogens (tertiary/aromatic N) is 1. The fourth-order valence-corrected chi connectivity index (χ4v) is 2.11. The van der Waals surface area contributed by atoms with Gasteiger partial charge in [0.25, 0.3) is 0 Å². The number of imidazole rings is 1. The molecule has 0 fully saturated rings. The Bertz CT molecular complexity index is 737. The van der Waals surface area contributed by atoms with Crippen molar-refractivity contribution in [2.45, 2.75) is 6.92 Å². The van der Waals surface area contributed by atoms with Crippen LogP contribution in [0.4, 0.5) is 0 Å². The highest BCUT2D eigenvalue weighted by atomic mass is 16.1. The molecule has 0 bridgehead atoms. The van der Waals surface area contributed by atoms with E-state index in [4.69, 9.17) is 0 Å². The molecule has 2 aromatic carbocycles. The zero-order valence-corrected chi connectivity index (χ0v) is 9.47. The number of fused-ring (bicyclic) bond motifs is 1. The second-order valence-electron chi connectivity index (χ2n) is 4.07. The monoisotopic (exact) mass is 224 g/mol. The average molecular weight is 224 g/mol. The fraction of sp³-hybridized carbons (Fsp3) is 0.0714. The molecule has 3 heteroatoms. The zero-order valence-electron chi connectivity index (χ0n) is 9.47. The number of rotatable bonds is 1. The van der Waals surface area contributed by atoms with Crippen molar-refractivity contribution in [2.24, 2.45) is 0 Å². The van der Waals surface area contributed by atoms with E-state index in [0.29, 0.717) is 0 Å². The number of hydrogen-bond donors (Lipinski definition) is 1. The zero-order chi connectivity index (χ0) is 11.8. The number of H-pyrrole nitrogens is 1. The molecule has 3 nitrogen and oxygen atoms in total. The molecule has 84 valence electrons. The maximum atomic E-state index is 12.0. The molecule has 0 spiro atoms. The van der Waals surface area contributed by atoms with E-state index in [2.05, 4.69) is 4.98 Å². The summed E-state index contributed by atoms with van der Waals surface area (Å²) in [5.74, 6) is 0. The fourth-order valence-electron chi connectivity index (χ4n) is 2.11. The molecular weight excluding hydrogens is 212 g/mol. The molecule has 1 aromatic heterocycles. The highest BCUT2D eigenvalue weighted by Gasteiger charge is 2.08. The van der Waals surface area contributed by atoms with Crippen molar-refractivity contribution in [3.05, 3.63) is 64.6 Å². The van der Waals surface area contributed by atoms with Crippen molar-refractivity contribution in [1.29, 1.82) is 0 Å². The summed E-state index contributed by atoms with van der Waals surface area (Å²) in [4.78, 5) is 14.9. The van der Waals surface area contributed by atoms with E-state index in [1.807, 2.05) is 55.5 Å². The van der Waals surface area contributed by atoms with Gasteiger partial charge in [-0.25, -0.2) is 4.79 Å². The van der Waals surface area contributed by atoms with Crippen LogP contribution in [-0.4, -0.2) is 9.55 Å². The first-order chi connectivity index (χ1) is 8.27. The molecular formula is C14H12N2O. The number of nitrogens with one attached hydrogen (secondary N) is 1. The SMILES string of the molecule is Cc1ccccc1-n1c(=O)[nH]c2ccccc21. The van der Waals surface area contributed by atoms with Gasteiger partial charge in [-0.2, -0.15) is 0 Å². The van der Waals surface area contributed by atoms with E-state index in [-0.39, 0.29) is 5.69 Å². The molecule has 1 heterocycles. The van der Waals surface area contributed by atoms with Gasteiger partial charge in [0, 0.05) is 0 Å². The Labute approximate surface area is 98.3 Å². The Kier molecular flexibility index (Phi) is 2.11. The summed E-state index contributed by atoms with van der Waals surface area (Å²) in [5, 5.41) is 0. The minimum atomic E-state index is -0.0968. The van der Waals surface area contributed by atoms with Crippen LogP contribution >= 0.6 is 0 Å². The van der Waals surface area contributed by atoms with Gasteiger partial charge in [-0.3, -0.25) is 4.57 Å². The Morgan fingerprint density at radius 2 is 1.71 bits per heavy atom. The van der Waals surface area contributed by atoms with Crippen LogP contribution in [0.3, 0.4) is 0 Å². The van der Waals surface area contributed by atoms with Crippen molar-refractivity contribution in [3.8, 4) is 5.69 Å². The van der Waals surface area contributed by atoms with Crippen molar-refractivity contribution >= 4 is 11.0 Å². The molecule has 0 amide bonds. The lowest BCUT2D eigenvalue weighted by Crippen LogP contribution is -2.15. The number of aryl methyl sites for hydroxylation is 1. The molecule has 0 aliphatic carbocycles. The third-order valence-corrected chi connectivity index (χ3v) is 2.95. The van der Waals surface area contributed by atoms with E-state index in [1.165, 1.54) is 0 Å². The molecule has 1 N–H and O–H groups in total. The standard InChI is InChI=1S/C14H12N2O/c1-10-6-2-4-8-12(10)16-13-9-5-3-7-11(13)15-14(16)17/h2-9H,1H3,(H,15,17). The first-order valence-corrected chi connectivity index (χ1v) is 5.53. The molecule has 0 aliphatic rings. The highest BCUT2D eigenvalue weighted by molar-refractivity contribution is 5.77. The van der Waals surface area contributed by atoms with Gasteiger partial charge < -0.3 is 4.98 Å². The largest absolute Gasteiger partial charge is 0.331 e. The number of para-hydroxylation sites is 3. The van der Waals surface area contributed by atoms with Gasteiger partial charge >= 0.3 is 5.69 Å². The van der Waals surface area contributed by atoms with E-state index < -0.39 is 0 Å². The van der Waals surface area contributed by atoms with E-state index in [0.717, 1.165) is 22.3 Å². The third kappa shape index (κ3) is 1.47. The second kappa shape index (κ2) is 3.63. The Hall–Kier alpha value is -2.29. The molecule has 0 radical (unpaired) electrons. The minimum Gasteiger partial charge on any atom is -0.305 e. The molecule has 0 aliphatic heterocycles. The molecule has 0 atom stereocenters. The average Bonchev–Trinajstić information content (AvgIpc) is 2.66. The molecule has 0 saturated carbocycles. The second-order valence-corrected chi connectivity index (χ2v) is 4.07. The quantitative estimate of drug-likeness (QED) is 0.678. The summed E-state index contributed by atoms with van der Waals surface area (Å²) in [5.41, 5.74) is 3.68. The van der Waals surface area contributed by atoms with E-state index >= 15 is 0 Å². The van der Waals surface area contributed by atoms with Crippen LogP contribution in [0.15, 0.2) is 53.3 Å². The van der Waals surface area contributed by atoms with Gasteiger partial charge in [-0.05, 0) is 30.7 Å². The number of aromatic nitrogens is 2. The normalized spacial score (nSPS) is 10.9. The van der Waals surface area contributed by atoms with E-state index in [1.54, 1.807) is 4.57 Å². The topological polar surface area (TPSA) is 37.8 Å². The lowest BCUT2D eigenvalue weighted by atomic mass is 10.2. The minimum absolute atomic E-state index is 0.0968. The van der Waals surface area contributed by atoms with Crippen LogP contribution in [0.25, 0.3) is 16.7 Å². The lowest BCUT2D eigenvalue weighted by molar-refractivity contribution is 1.00. The van der Waals surface area contributed by atoms with Gasteiger partial charge in [0.1, 0.15) is 0 Å². The van der Waals surface area contributed by atoms with Crippen molar-refractivity contribution in [2.75, 3.05) is 0 Å². The van der Waals surface area contributed by atoms with Crippen LogP contribution in [0.1, 0.15) is 5.56 Å². The summed E-state index contributed by atoms with van der Waals surface area (Å²) < 4.78 is 1.71. The van der Waals surface area contributed by atoms with Crippen LogP contribution < -0.4 is 5.69 Å². The summed E-state index contributed by atoms with van der Waals surface area (Å²) in [6.45, 7) is 2.00. The Morgan fingerprint density at radius 1 is 1.00 bits per heavy atom. The highest BCUT2D eigenvalue weighted by Crippen LogP contribution is 2.17. The predicted octanol–water partition coefficient (Wildman–Crippen LogP) is 2.63.